The van der Waals surface area contributed by atoms with Gasteiger partial charge in [0.05, 0.1) is 13.2 Å². The third-order valence-corrected chi connectivity index (χ3v) is 3.63. The highest BCUT2D eigenvalue weighted by Gasteiger charge is 2.03. The van der Waals surface area contributed by atoms with Crippen molar-refractivity contribution in [3.05, 3.63) is 0 Å². The van der Waals surface area contributed by atoms with Gasteiger partial charge in [0.2, 0.25) is 0 Å². The predicted octanol–water partition coefficient (Wildman–Crippen LogP) is 3.22. The van der Waals surface area contributed by atoms with Gasteiger partial charge in [-0.05, 0) is 25.7 Å². The average Bonchev–Trinajstić information content (AvgIpc) is 2.47. The van der Waals surface area contributed by atoms with Gasteiger partial charge in [-0.1, -0.05) is 31.9 Å². The van der Waals surface area contributed by atoms with Crippen LogP contribution in [0.2, 0.25) is 0 Å². The molecule has 7 heteroatoms. The van der Waals surface area contributed by atoms with Crippen molar-refractivity contribution in [1.82, 2.24) is 0 Å². The van der Waals surface area contributed by atoms with Crippen LogP contribution in [0.4, 0.5) is 0 Å². The highest BCUT2D eigenvalue weighted by Crippen LogP contribution is 2.01. The topological polar surface area (TPSA) is 61.8 Å². The quantitative estimate of drug-likeness (QED) is 0.240. The molecule has 0 aliphatic heterocycles. The van der Waals surface area contributed by atoms with Gasteiger partial charge in [0, 0.05) is 23.5 Å². The molecule has 0 spiro atoms. The largest absolute Gasteiger partial charge is 0.463 e. The summed E-state index contributed by atoms with van der Waals surface area (Å²) in [5, 5.41) is 1.80. The van der Waals surface area contributed by atoms with Crippen LogP contribution in [-0.2, 0) is 23.8 Å². The van der Waals surface area contributed by atoms with Gasteiger partial charge >= 0.3 is 11.9 Å². The van der Waals surface area contributed by atoms with Crippen LogP contribution in [0.25, 0.3) is 0 Å². The molecule has 0 radical (unpaired) electrons. The third kappa shape index (κ3) is 16.1. The predicted molar refractivity (Wildman–Crippen MR) is 88.0 cm³/mol. The van der Waals surface area contributed by atoms with E-state index in [1.807, 2.05) is 0 Å². The molecule has 0 aliphatic rings. The summed E-state index contributed by atoms with van der Waals surface area (Å²) in [6, 6.07) is 0. The molecule has 0 unspecified atom stereocenters. The van der Waals surface area contributed by atoms with Crippen molar-refractivity contribution in [2.24, 2.45) is 0 Å². The van der Waals surface area contributed by atoms with E-state index in [-0.39, 0.29) is 25.2 Å². The summed E-state index contributed by atoms with van der Waals surface area (Å²) in [5.74, 6) is -0.393. The molecular weight excluding hydrogens is 408 g/mol. The maximum absolute atomic E-state index is 11.3. The summed E-state index contributed by atoms with van der Waals surface area (Å²) in [6.07, 6.45) is 4.47. The first kappa shape index (κ1) is 20.9. The van der Waals surface area contributed by atoms with Gasteiger partial charge in [0.15, 0.2) is 0 Å². The van der Waals surface area contributed by atoms with E-state index in [1.54, 1.807) is 0 Å². The molecule has 0 N–H and O–H groups in total. The zero-order chi connectivity index (χ0) is 15.8. The molecule has 0 aromatic carbocycles. The average molecular weight is 432 g/mol. The maximum Gasteiger partial charge on any atom is 0.305 e. The lowest BCUT2D eigenvalue weighted by Crippen LogP contribution is -2.14. The lowest BCUT2D eigenvalue weighted by atomic mass is 10.2. The standard InChI is InChI=1S/C14H24Br2O5/c15-7-3-1-5-13(17)20-11-9-19-10-12-21-14(18)6-2-4-8-16/h1-12H2. The number of ether oxygens (including phenoxy) is 3. The maximum atomic E-state index is 11.3. The summed E-state index contributed by atoms with van der Waals surface area (Å²) in [4.78, 5) is 22.5. The first-order valence-electron chi connectivity index (χ1n) is 7.21. The van der Waals surface area contributed by atoms with E-state index in [0.29, 0.717) is 26.1 Å². The first-order chi connectivity index (χ1) is 10.2. The number of rotatable bonds is 14. The second-order valence-electron chi connectivity index (χ2n) is 4.35. The number of unbranched alkanes of at least 4 members (excludes halogenated alkanes) is 2. The van der Waals surface area contributed by atoms with E-state index in [0.717, 1.165) is 36.3 Å². The number of carbonyl (C=O) groups is 2. The molecule has 0 amide bonds. The summed E-state index contributed by atoms with van der Waals surface area (Å²) in [6.45, 7) is 1.13. The third-order valence-electron chi connectivity index (χ3n) is 2.51. The first-order valence-corrected chi connectivity index (χ1v) is 9.46. The fourth-order valence-electron chi connectivity index (χ4n) is 1.40. The Labute approximate surface area is 143 Å². The Balaban J connectivity index is 3.24. The summed E-state index contributed by atoms with van der Waals surface area (Å²) in [5.41, 5.74) is 0. The van der Waals surface area contributed by atoms with Gasteiger partial charge in [-0.2, -0.15) is 0 Å². The van der Waals surface area contributed by atoms with E-state index in [1.165, 1.54) is 0 Å². The van der Waals surface area contributed by atoms with Crippen molar-refractivity contribution in [3.63, 3.8) is 0 Å². The normalized spacial score (nSPS) is 10.4. The van der Waals surface area contributed by atoms with Crippen LogP contribution in [-0.4, -0.2) is 49.0 Å². The second-order valence-corrected chi connectivity index (χ2v) is 5.93. The smallest absolute Gasteiger partial charge is 0.305 e. The minimum absolute atomic E-state index is 0.197. The minimum atomic E-state index is -0.197. The number of hydrogen-bond acceptors (Lipinski definition) is 5. The monoisotopic (exact) mass is 430 g/mol. The van der Waals surface area contributed by atoms with E-state index in [4.69, 9.17) is 14.2 Å². The molecule has 0 saturated heterocycles. The molecule has 0 heterocycles. The molecule has 0 aromatic rings. The van der Waals surface area contributed by atoms with E-state index in [2.05, 4.69) is 31.9 Å². The van der Waals surface area contributed by atoms with Crippen LogP contribution in [0.1, 0.15) is 38.5 Å². The molecule has 0 rings (SSSR count). The molecule has 21 heavy (non-hydrogen) atoms. The number of esters is 2. The summed E-state index contributed by atoms with van der Waals surface area (Å²) < 4.78 is 15.2. The lowest BCUT2D eigenvalue weighted by Gasteiger charge is -2.07. The van der Waals surface area contributed by atoms with E-state index < -0.39 is 0 Å². The minimum Gasteiger partial charge on any atom is -0.463 e. The van der Waals surface area contributed by atoms with Crippen LogP contribution in [0.5, 0.6) is 0 Å². The highest BCUT2D eigenvalue weighted by atomic mass is 79.9. The molecule has 0 aliphatic carbocycles. The zero-order valence-corrected chi connectivity index (χ0v) is 15.5. The van der Waals surface area contributed by atoms with Crippen LogP contribution in [0.3, 0.4) is 0 Å². The summed E-state index contributed by atoms with van der Waals surface area (Å²) >= 11 is 6.61. The fourth-order valence-corrected chi connectivity index (χ4v) is 2.20. The van der Waals surface area contributed by atoms with Gasteiger partial charge in [0.1, 0.15) is 13.2 Å². The number of halogens is 2. The SMILES string of the molecule is O=C(CCCCBr)OCCOCCOC(=O)CCCCBr. The Bertz CT molecular complexity index is 248. The zero-order valence-electron chi connectivity index (χ0n) is 12.3. The number of alkyl halides is 2. The van der Waals surface area contributed by atoms with Crippen LogP contribution in [0.15, 0.2) is 0 Å². The van der Waals surface area contributed by atoms with Crippen molar-refractivity contribution < 1.29 is 23.8 Å². The molecule has 0 aromatic heterocycles. The van der Waals surface area contributed by atoms with Gasteiger partial charge in [-0.25, -0.2) is 0 Å². The summed E-state index contributed by atoms with van der Waals surface area (Å²) in [7, 11) is 0. The van der Waals surface area contributed by atoms with Crippen LogP contribution < -0.4 is 0 Å². The molecule has 124 valence electrons. The molecule has 0 atom stereocenters. The second kappa shape index (κ2) is 16.2. The van der Waals surface area contributed by atoms with Crippen molar-refractivity contribution >= 4 is 43.8 Å². The van der Waals surface area contributed by atoms with E-state index in [9.17, 15) is 9.59 Å². The Morgan fingerprint density at radius 3 is 1.48 bits per heavy atom. The Morgan fingerprint density at radius 2 is 1.10 bits per heavy atom. The van der Waals surface area contributed by atoms with Gasteiger partial charge < -0.3 is 14.2 Å². The molecule has 5 nitrogen and oxygen atoms in total. The van der Waals surface area contributed by atoms with Gasteiger partial charge in [0.25, 0.3) is 0 Å². The Kier molecular flexibility index (Phi) is 16.1. The van der Waals surface area contributed by atoms with E-state index >= 15 is 0 Å². The Morgan fingerprint density at radius 1 is 0.667 bits per heavy atom. The molecule has 0 bridgehead atoms. The highest BCUT2D eigenvalue weighted by molar-refractivity contribution is 9.09. The molecule has 0 fully saturated rings. The van der Waals surface area contributed by atoms with Crippen molar-refractivity contribution in [3.8, 4) is 0 Å². The van der Waals surface area contributed by atoms with Crippen molar-refractivity contribution in [1.29, 1.82) is 0 Å². The van der Waals surface area contributed by atoms with Crippen molar-refractivity contribution in [2.45, 2.75) is 38.5 Å². The fraction of sp³-hybridized carbons (Fsp3) is 0.857. The van der Waals surface area contributed by atoms with Crippen LogP contribution >= 0.6 is 31.9 Å². The van der Waals surface area contributed by atoms with Gasteiger partial charge in [-0.15, -0.1) is 0 Å². The van der Waals surface area contributed by atoms with Crippen molar-refractivity contribution in [2.75, 3.05) is 37.1 Å². The molecule has 0 saturated carbocycles. The number of carbonyl (C=O) groups excluding carboxylic acids is 2. The van der Waals surface area contributed by atoms with Gasteiger partial charge in [-0.3, -0.25) is 9.59 Å². The van der Waals surface area contributed by atoms with Crippen LogP contribution in [0, 0.1) is 0 Å². The lowest BCUT2D eigenvalue weighted by molar-refractivity contribution is -0.146. The Hall–Kier alpha value is -0.140. The number of hydrogen-bond donors (Lipinski definition) is 0. The molecular formula is C14H24Br2O5.